The van der Waals surface area contributed by atoms with Crippen LogP contribution in [0, 0.1) is 0 Å². The molecular formula is C26H28N6O2. The highest BCUT2D eigenvalue weighted by Gasteiger charge is 2.16. The Kier molecular flexibility index (Phi) is 7.27. The normalized spacial score (nSPS) is 11.4. The fourth-order valence-electron chi connectivity index (χ4n) is 3.83. The number of aromatic nitrogens is 6. The largest absolute Gasteiger partial charge is 0.335 e. The molecule has 1 N–H and O–H groups in total. The van der Waals surface area contributed by atoms with Crippen molar-refractivity contribution in [3.8, 4) is 22.5 Å². The van der Waals surface area contributed by atoms with E-state index in [2.05, 4.69) is 20.6 Å². The highest BCUT2D eigenvalue weighted by molar-refractivity contribution is 5.80. The van der Waals surface area contributed by atoms with E-state index in [1.807, 2.05) is 74.5 Å². The molecule has 0 spiro atoms. The minimum Gasteiger partial charge on any atom is -0.288 e. The number of carbonyl (C=O) groups excluding carboxylic acids is 1. The summed E-state index contributed by atoms with van der Waals surface area (Å²) >= 11 is 0. The maximum absolute atomic E-state index is 13.1. The van der Waals surface area contributed by atoms with Crippen molar-refractivity contribution in [3.05, 3.63) is 82.5 Å². The molecule has 8 heteroatoms. The van der Waals surface area contributed by atoms with Crippen molar-refractivity contribution >= 4 is 12.0 Å². The van der Waals surface area contributed by atoms with Crippen molar-refractivity contribution < 1.29 is 4.79 Å². The van der Waals surface area contributed by atoms with Gasteiger partial charge in [0.2, 0.25) is 11.7 Å². The highest BCUT2D eigenvalue weighted by Crippen LogP contribution is 2.29. The number of nitrogens with one attached hydrogen (secondary N) is 1. The van der Waals surface area contributed by atoms with Crippen molar-refractivity contribution in [2.24, 2.45) is 0 Å². The zero-order valence-corrected chi connectivity index (χ0v) is 19.4. The minimum absolute atomic E-state index is 0.162. The zero-order chi connectivity index (χ0) is 23.9. The number of carbonyl (C=O) groups is 1. The first-order valence-corrected chi connectivity index (χ1v) is 11.6. The molecule has 4 rings (SSSR count). The lowest BCUT2D eigenvalue weighted by Crippen LogP contribution is -2.29. The Morgan fingerprint density at radius 3 is 2.50 bits per heavy atom. The van der Waals surface area contributed by atoms with E-state index in [1.54, 1.807) is 10.8 Å². The molecule has 4 aromatic rings. The van der Waals surface area contributed by atoms with Crippen LogP contribution < -0.4 is 5.69 Å². The Labute approximate surface area is 198 Å². The molecular weight excluding hydrogens is 428 g/mol. The van der Waals surface area contributed by atoms with Gasteiger partial charge in [0.05, 0.1) is 12.2 Å². The number of H-pyrrole nitrogens is 1. The summed E-state index contributed by atoms with van der Waals surface area (Å²) in [5.41, 5.74) is 4.27. The van der Waals surface area contributed by atoms with E-state index in [0.717, 1.165) is 47.2 Å². The second-order valence-corrected chi connectivity index (χ2v) is 8.08. The van der Waals surface area contributed by atoms with Crippen LogP contribution in [0.5, 0.6) is 0 Å². The summed E-state index contributed by atoms with van der Waals surface area (Å²) in [6.45, 7) is 4.44. The van der Waals surface area contributed by atoms with Gasteiger partial charge in [0, 0.05) is 18.2 Å². The van der Waals surface area contributed by atoms with Crippen LogP contribution in [0.2, 0.25) is 0 Å². The van der Waals surface area contributed by atoms with Gasteiger partial charge in [-0.05, 0) is 40.8 Å². The third-order valence-electron chi connectivity index (χ3n) is 5.67. The van der Waals surface area contributed by atoms with Crippen LogP contribution in [0.15, 0.2) is 65.6 Å². The molecule has 0 radical (unpaired) electrons. The van der Waals surface area contributed by atoms with E-state index in [0.29, 0.717) is 18.8 Å². The molecule has 0 atom stereocenters. The Morgan fingerprint density at radius 1 is 1.06 bits per heavy atom. The molecule has 0 aliphatic rings. The second kappa shape index (κ2) is 10.7. The highest BCUT2D eigenvalue weighted by atomic mass is 16.2. The van der Waals surface area contributed by atoms with E-state index in [4.69, 9.17) is 0 Å². The third kappa shape index (κ3) is 4.96. The number of rotatable bonds is 9. The van der Waals surface area contributed by atoms with Gasteiger partial charge in [-0.25, -0.2) is 9.36 Å². The van der Waals surface area contributed by atoms with Crippen molar-refractivity contribution in [3.63, 3.8) is 0 Å². The molecule has 2 aromatic carbocycles. The fraction of sp³-hybridized carbons (Fsp3) is 0.269. The molecule has 0 saturated carbocycles. The molecule has 0 bridgehead atoms. The van der Waals surface area contributed by atoms with Crippen molar-refractivity contribution in [1.82, 2.24) is 29.8 Å². The number of aromatic amines is 1. The molecule has 2 heterocycles. The molecule has 8 nitrogen and oxygen atoms in total. The number of imidazole rings is 1. The molecule has 174 valence electrons. The van der Waals surface area contributed by atoms with Crippen LogP contribution in [0.3, 0.4) is 0 Å². The lowest BCUT2D eigenvalue weighted by molar-refractivity contribution is 0.0894. The number of allylic oxidation sites excluding steroid dienone is 1. The minimum atomic E-state index is -0.302. The van der Waals surface area contributed by atoms with Gasteiger partial charge >= 0.3 is 5.69 Å². The van der Waals surface area contributed by atoms with Crippen LogP contribution in [0.1, 0.15) is 55.6 Å². The van der Waals surface area contributed by atoms with Crippen molar-refractivity contribution in [2.75, 3.05) is 0 Å². The van der Waals surface area contributed by atoms with Gasteiger partial charge in [0.15, 0.2) is 0 Å². The average molecular weight is 457 g/mol. The summed E-state index contributed by atoms with van der Waals surface area (Å²) in [6, 6.07) is 15.9. The van der Waals surface area contributed by atoms with Gasteiger partial charge < -0.3 is 0 Å². The number of nitrogens with zero attached hydrogens (tertiary/aromatic N) is 5. The SMILES string of the molecule is CC/C=C/c1cn(C(=O)CCCC)c(=O)n1Cc1ccc(-c2ccccc2-c2nn[nH]n2)cc1. The molecule has 0 aliphatic heterocycles. The lowest BCUT2D eigenvalue weighted by atomic mass is 9.98. The standard InChI is InChI=1S/C26H28N6O2/c1-3-5-9-21-18-32(24(33)12-6-4-2)26(34)31(21)17-19-13-15-20(16-14-19)22-10-7-8-11-23(22)25-27-29-30-28-25/h5,7-11,13-16,18H,3-4,6,12,17H2,1-2H3,(H,27,28,29,30)/b9-5+. The molecule has 0 saturated heterocycles. The second-order valence-electron chi connectivity index (χ2n) is 8.08. The lowest BCUT2D eigenvalue weighted by Gasteiger charge is -2.09. The first kappa shape index (κ1) is 23.1. The third-order valence-corrected chi connectivity index (χ3v) is 5.67. The van der Waals surface area contributed by atoms with Crippen molar-refractivity contribution in [1.29, 1.82) is 0 Å². The Bertz CT molecular complexity index is 1330. The zero-order valence-electron chi connectivity index (χ0n) is 19.4. The summed E-state index contributed by atoms with van der Waals surface area (Å²) < 4.78 is 2.90. The Morgan fingerprint density at radius 2 is 1.82 bits per heavy atom. The monoisotopic (exact) mass is 456 g/mol. The van der Waals surface area contributed by atoms with Gasteiger partial charge in [-0.1, -0.05) is 74.9 Å². The van der Waals surface area contributed by atoms with E-state index >= 15 is 0 Å². The summed E-state index contributed by atoms with van der Waals surface area (Å²) in [5, 5.41) is 14.4. The number of hydrogen-bond donors (Lipinski definition) is 1. The van der Waals surface area contributed by atoms with E-state index in [1.165, 1.54) is 4.57 Å². The summed E-state index contributed by atoms with van der Waals surface area (Å²) in [6.07, 6.45) is 8.44. The average Bonchev–Trinajstić information content (AvgIpc) is 3.51. The maximum Gasteiger partial charge on any atom is 0.335 e. The van der Waals surface area contributed by atoms with Crippen LogP contribution in [0.4, 0.5) is 0 Å². The summed E-state index contributed by atoms with van der Waals surface area (Å²) in [4.78, 5) is 25.6. The topological polar surface area (TPSA) is 98.5 Å². The van der Waals surface area contributed by atoms with Crippen molar-refractivity contribution in [2.45, 2.75) is 46.1 Å². The fourth-order valence-corrected chi connectivity index (χ4v) is 3.83. The molecule has 34 heavy (non-hydrogen) atoms. The smallest absolute Gasteiger partial charge is 0.288 e. The number of unbranched alkanes of at least 4 members (excludes halogenated alkanes) is 1. The van der Waals surface area contributed by atoms with E-state index < -0.39 is 0 Å². The van der Waals surface area contributed by atoms with Gasteiger partial charge in [0.25, 0.3) is 0 Å². The number of benzene rings is 2. The van der Waals surface area contributed by atoms with Gasteiger partial charge in [-0.2, -0.15) is 5.21 Å². The number of hydrogen-bond acceptors (Lipinski definition) is 5. The Balaban J connectivity index is 1.63. The summed E-state index contributed by atoms with van der Waals surface area (Å²) in [7, 11) is 0. The van der Waals surface area contributed by atoms with Crippen LogP contribution in [-0.4, -0.2) is 35.7 Å². The first-order valence-electron chi connectivity index (χ1n) is 11.6. The first-order chi connectivity index (χ1) is 16.6. The van der Waals surface area contributed by atoms with Crippen LogP contribution in [0.25, 0.3) is 28.6 Å². The predicted molar refractivity (Wildman–Crippen MR) is 132 cm³/mol. The van der Waals surface area contributed by atoms with Gasteiger partial charge in [-0.15, -0.1) is 10.2 Å². The molecule has 0 unspecified atom stereocenters. The van der Waals surface area contributed by atoms with Gasteiger partial charge in [-0.3, -0.25) is 9.36 Å². The van der Waals surface area contributed by atoms with Crippen LogP contribution >= 0.6 is 0 Å². The Hall–Kier alpha value is -4.07. The summed E-state index contributed by atoms with van der Waals surface area (Å²) in [5.74, 6) is 0.373. The molecule has 0 amide bonds. The van der Waals surface area contributed by atoms with E-state index in [-0.39, 0.29) is 11.6 Å². The maximum atomic E-state index is 13.1. The molecule has 0 aliphatic carbocycles. The van der Waals surface area contributed by atoms with Gasteiger partial charge in [0.1, 0.15) is 0 Å². The van der Waals surface area contributed by atoms with E-state index in [9.17, 15) is 9.59 Å². The van der Waals surface area contributed by atoms with Crippen LogP contribution in [-0.2, 0) is 6.54 Å². The predicted octanol–water partition coefficient (Wildman–Crippen LogP) is 4.80. The molecule has 0 fully saturated rings. The number of tetrazole rings is 1. The molecule has 2 aromatic heterocycles. The quantitative estimate of drug-likeness (QED) is 0.390.